The zero-order valence-electron chi connectivity index (χ0n) is 17.1. The van der Waals surface area contributed by atoms with Crippen molar-refractivity contribution >= 4 is 11.8 Å². The molecule has 1 N–H and O–H groups in total. The molecule has 8 heteroatoms. The number of nitrogens with one attached hydrogen (secondary N) is 1. The number of hydrogen-bond acceptors (Lipinski definition) is 6. The molecular weight excluding hydrogens is 396 g/mol. The Bertz CT molecular complexity index is 1010. The molecule has 0 radical (unpaired) electrons. The van der Waals surface area contributed by atoms with Gasteiger partial charge in [0.25, 0.3) is 0 Å². The first-order valence-electron chi connectivity index (χ1n) is 10.3. The Morgan fingerprint density at radius 3 is 2.61 bits per heavy atom. The van der Waals surface area contributed by atoms with E-state index >= 15 is 0 Å². The number of ether oxygens (including phenoxy) is 1. The van der Waals surface area contributed by atoms with Crippen LogP contribution < -0.4 is 5.32 Å². The van der Waals surface area contributed by atoms with Gasteiger partial charge in [-0.15, -0.1) is 0 Å². The van der Waals surface area contributed by atoms with E-state index in [4.69, 9.17) is 9.26 Å². The van der Waals surface area contributed by atoms with E-state index in [1.165, 1.54) is 0 Å². The van der Waals surface area contributed by atoms with Crippen LogP contribution in [0.5, 0.6) is 0 Å². The minimum absolute atomic E-state index is 0.0254. The van der Waals surface area contributed by atoms with Crippen LogP contribution in [0.15, 0.2) is 65.2 Å². The van der Waals surface area contributed by atoms with Crippen LogP contribution in [0.25, 0.3) is 11.4 Å². The van der Waals surface area contributed by atoms with Crippen LogP contribution in [0.2, 0.25) is 0 Å². The van der Waals surface area contributed by atoms with Crippen molar-refractivity contribution in [1.82, 2.24) is 20.4 Å². The van der Waals surface area contributed by atoms with E-state index in [1.54, 1.807) is 4.90 Å². The molecule has 0 bridgehead atoms. The number of aromatic nitrogens is 2. The summed E-state index contributed by atoms with van der Waals surface area (Å²) in [6.45, 7) is 1.35. The fourth-order valence-corrected chi connectivity index (χ4v) is 3.36. The van der Waals surface area contributed by atoms with Crippen molar-refractivity contribution in [3.8, 4) is 11.4 Å². The predicted molar refractivity (Wildman–Crippen MR) is 113 cm³/mol. The number of rotatable bonds is 8. The molecule has 2 heterocycles. The van der Waals surface area contributed by atoms with E-state index in [-0.39, 0.29) is 30.9 Å². The fraction of sp³-hybridized carbons (Fsp3) is 0.304. The third-order valence-electron chi connectivity index (χ3n) is 5.03. The van der Waals surface area contributed by atoms with Crippen LogP contribution >= 0.6 is 0 Å². The number of aryl methyl sites for hydroxylation is 1. The van der Waals surface area contributed by atoms with Gasteiger partial charge in [-0.1, -0.05) is 65.8 Å². The third kappa shape index (κ3) is 5.76. The number of carbonyl (C=O) groups is 2. The molecule has 8 nitrogen and oxygen atoms in total. The molecule has 1 aliphatic heterocycles. The first kappa shape index (κ1) is 20.7. The Hall–Kier alpha value is -3.52. The summed E-state index contributed by atoms with van der Waals surface area (Å²) in [6, 6.07) is 19.3. The van der Waals surface area contributed by atoms with E-state index in [1.807, 2.05) is 60.7 Å². The molecule has 31 heavy (non-hydrogen) atoms. The first-order chi connectivity index (χ1) is 15.2. The van der Waals surface area contributed by atoms with Crippen LogP contribution in [0.4, 0.5) is 0 Å². The highest BCUT2D eigenvalue weighted by atomic mass is 16.5. The molecule has 0 spiro atoms. The Kier molecular flexibility index (Phi) is 6.68. The van der Waals surface area contributed by atoms with E-state index in [0.717, 1.165) is 11.1 Å². The summed E-state index contributed by atoms with van der Waals surface area (Å²) >= 11 is 0. The lowest BCUT2D eigenvalue weighted by molar-refractivity contribution is -0.149. The van der Waals surface area contributed by atoms with Crippen molar-refractivity contribution < 1.29 is 18.8 Å². The lowest BCUT2D eigenvalue weighted by Crippen LogP contribution is -2.50. The van der Waals surface area contributed by atoms with Crippen LogP contribution in [0.3, 0.4) is 0 Å². The zero-order chi connectivity index (χ0) is 21.5. The lowest BCUT2D eigenvalue weighted by Gasteiger charge is -2.33. The second-order valence-electron chi connectivity index (χ2n) is 7.37. The van der Waals surface area contributed by atoms with Crippen molar-refractivity contribution in [2.24, 2.45) is 0 Å². The topological polar surface area (TPSA) is 97.6 Å². The van der Waals surface area contributed by atoms with Gasteiger partial charge in [0.2, 0.25) is 23.5 Å². The predicted octanol–water partition coefficient (Wildman–Crippen LogP) is 2.21. The molecular formula is C23H24N4O4. The zero-order valence-corrected chi connectivity index (χ0v) is 17.1. The van der Waals surface area contributed by atoms with Gasteiger partial charge in [-0.3, -0.25) is 9.59 Å². The summed E-state index contributed by atoms with van der Waals surface area (Å²) in [5.41, 5.74) is 1.93. The monoisotopic (exact) mass is 420 g/mol. The first-order valence-corrected chi connectivity index (χ1v) is 10.3. The van der Waals surface area contributed by atoms with Crippen molar-refractivity contribution in [2.45, 2.75) is 25.5 Å². The quantitative estimate of drug-likeness (QED) is 0.600. The second kappa shape index (κ2) is 9.99. The SMILES string of the molecule is O=C(CCc1nc(-c2ccccc2)no1)NCC1CN(Cc2ccccc2)C(=O)CO1. The van der Waals surface area contributed by atoms with Gasteiger partial charge in [0.05, 0.1) is 6.10 Å². The van der Waals surface area contributed by atoms with Crippen LogP contribution in [-0.2, 0) is 27.3 Å². The number of hydrogen-bond donors (Lipinski definition) is 1. The van der Waals surface area contributed by atoms with Gasteiger partial charge < -0.3 is 19.5 Å². The summed E-state index contributed by atoms with van der Waals surface area (Å²) in [6.07, 6.45) is 0.351. The summed E-state index contributed by atoms with van der Waals surface area (Å²) in [5, 5.41) is 6.83. The number of morpholine rings is 1. The number of carbonyl (C=O) groups excluding carboxylic acids is 2. The van der Waals surface area contributed by atoms with Gasteiger partial charge in [-0.25, -0.2) is 0 Å². The van der Waals surface area contributed by atoms with Gasteiger partial charge in [-0.05, 0) is 5.56 Å². The van der Waals surface area contributed by atoms with E-state index in [0.29, 0.717) is 37.8 Å². The van der Waals surface area contributed by atoms with Crippen LogP contribution in [-0.4, -0.2) is 52.7 Å². The Balaban J connectivity index is 1.21. The maximum atomic E-state index is 12.2. The van der Waals surface area contributed by atoms with E-state index in [9.17, 15) is 9.59 Å². The van der Waals surface area contributed by atoms with Crippen LogP contribution in [0, 0.1) is 0 Å². The van der Waals surface area contributed by atoms with Gasteiger partial charge in [-0.2, -0.15) is 4.98 Å². The maximum Gasteiger partial charge on any atom is 0.248 e. The Morgan fingerprint density at radius 2 is 1.84 bits per heavy atom. The molecule has 3 aromatic rings. The standard InChI is InChI=1S/C23H24N4O4/c28-20(11-12-21-25-23(26-31-21)18-9-5-2-6-10-18)24-13-19-15-27(22(29)16-30-19)14-17-7-3-1-4-8-17/h1-10,19H,11-16H2,(H,24,28). The summed E-state index contributed by atoms with van der Waals surface area (Å²) < 4.78 is 10.8. The lowest BCUT2D eigenvalue weighted by atomic mass is 10.2. The molecule has 2 amide bonds. The van der Waals surface area contributed by atoms with Gasteiger partial charge in [0.15, 0.2) is 0 Å². The summed E-state index contributed by atoms with van der Waals surface area (Å²) in [7, 11) is 0. The molecule has 1 unspecified atom stereocenters. The Labute approximate surface area is 180 Å². The van der Waals surface area contributed by atoms with Crippen molar-refractivity contribution in [3.05, 3.63) is 72.1 Å². The smallest absolute Gasteiger partial charge is 0.248 e. The highest BCUT2D eigenvalue weighted by Gasteiger charge is 2.26. The minimum Gasteiger partial charge on any atom is -0.365 e. The van der Waals surface area contributed by atoms with E-state index in [2.05, 4.69) is 15.5 Å². The van der Waals surface area contributed by atoms with Crippen LogP contribution in [0.1, 0.15) is 17.9 Å². The minimum atomic E-state index is -0.238. The maximum absolute atomic E-state index is 12.2. The summed E-state index contributed by atoms with van der Waals surface area (Å²) in [4.78, 5) is 30.5. The third-order valence-corrected chi connectivity index (χ3v) is 5.03. The molecule has 1 atom stereocenters. The molecule has 1 saturated heterocycles. The number of benzene rings is 2. The molecule has 1 fully saturated rings. The molecule has 1 aliphatic rings. The second-order valence-corrected chi connectivity index (χ2v) is 7.37. The molecule has 0 aliphatic carbocycles. The van der Waals surface area contributed by atoms with E-state index < -0.39 is 0 Å². The Morgan fingerprint density at radius 1 is 1.10 bits per heavy atom. The average molecular weight is 420 g/mol. The van der Waals surface area contributed by atoms with Crippen molar-refractivity contribution in [2.75, 3.05) is 19.7 Å². The molecule has 1 aromatic heterocycles. The van der Waals surface area contributed by atoms with Crippen molar-refractivity contribution in [1.29, 1.82) is 0 Å². The average Bonchev–Trinajstić information content (AvgIpc) is 3.29. The summed E-state index contributed by atoms with van der Waals surface area (Å²) in [5.74, 6) is 0.754. The number of amides is 2. The highest BCUT2D eigenvalue weighted by molar-refractivity contribution is 5.78. The largest absolute Gasteiger partial charge is 0.365 e. The van der Waals surface area contributed by atoms with Gasteiger partial charge in [0.1, 0.15) is 6.61 Å². The van der Waals surface area contributed by atoms with Gasteiger partial charge >= 0.3 is 0 Å². The van der Waals surface area contributed by atoms with Crippen molar-refractivity contribution in [3.63, 3.8) is 0 Å². The highest BCUT2D eigenvalue weighted by Crippen LogP contribution is 2.15. The molecule has 4 rings (SSSR count). The molecule has 0 saturated carbocycles. The normalized spacial score (nSPS) is 16.3. The molecule has 2 aromatic carbocycles. The molecule has 160 valence electrons. The number of nitrogens with zero attached hydrogens (tertiary/aromatic N) is 3. The fourth-order valence-electron chi connectivity index (χ4n) is 3.36. The van der Waals surface area contributed by atoms with Gasteiger partial charge in [0, 0.05) is 38.0 Å².